The minimum absolute atomic E-state index is 0.461. The Hall–Kier alpha value is 0.270. The largest absolute Gasteiger partial charge is 0.311 e. The van der Waals surface area contributed by atoms with Crippen molar-refractivity contribution in [1.82, 2.24) is 10.2 Å². The summed E-state index contributed by atoms with van der Waals surface area (Å²) < 4.78 is 0.461. The van der Waals surface area contributed by atoms with Crippen LogP contribution in [0.5, 0.6) is 0 Å². The molecule has 2 nitrogen and oxygen atoms in total. The topological polar surface area (TPSA) is 15.3 Å². The molecule has 0 saturated carbocycles. The lowest BCUT2D eigenvalue weighted by molar-refractivity contribution is 0.110. The maximum absolute atomic E-state index is 3.69. The molecule has 0 bridgehead atoms. The molecule has 108 valence electrons. The molecule has 0 radical (unpaired) electrons. The zero-order valence-corrected chi connectivity index (χ0v) is 13.8. The highest BCUT2D eigenvalue weighted by atomic mass is 32.2. The second-order valence-electron chi connectivity index (χ2n) is 5.60. The van der Waals surface area contributed by atoms with E-state index in [9.17, 15) is 0 Å². The Bertz CT molecular complexity index is 220. The van der Waals surface area contributed by atoms with Gasteiger partial charge in [-0.3, -0.25) is 4.90 Å². The average molecular weight is 273 g/mol. The van der Waals surface area contributed by atoms with E-state index in [1.165, 1.54) is 45.3 Å². The number of nitrogens with one attached hydrogen (secondary N) is 1. The Morgan fingerprint density at radius 2 is 1.83 bits per heavy atom. The van der Waals surface area contributed by atoms with Crippen molar-refractivity contribution in [2.24, 2.45) is 0 Å². The summed E-state index contributed by atoms with van der Waals surface area (Å²) in [7, 11) is 0. The molecule has 1 aliphatic rings. The third kappa shape index (κ3) is 3.88. The van der Waals surface area contributed by atoms with Gasteiger partial charge in [-0.05, 0) is 31.9 Å². The van der Waals surface area contributed by atoms with E-state index in [1.807, 2.05) is 0 Å². The molecule has 2 atom stereocenters. The number of nitrogens with zero attached hydrogens (tertiary/aromatic N) is 1. The SMILES string of the molecule is CCC1CN(CC(CC)(CC)SC)C(CC)CN1. The van der Waals surface area contributed by atoms with Crippen LogP contribution >= 0.6 is 11.8 Å². The number of piperazine rings is 1. The van der Waals surface area contributed by atoms with Crippen LogP contribution in [0.3, 0.4) is 0 Å². The van der Waals surface area contributed by atoms with Crippen LogP contribution in [-0.4, -0.2) is 47.6 Å². The first-order valence-corrected chi connectivity index (χ1v) is 8.89. The van der Waals surface area contributed by atoms with Crippen LogP contribution in [0.25, 0.3) is 0 Å². The molecule has 1 aliphatic heterocycles. The van der Waals surface area contributed by atoms with E-state index < -0.39 is 0 Å². The average Bonchev–Trinajstić information content (AvgIpc) is 2.44. The Balaban J connectivity index is 2.70. The number of hydrogen-bond donors (Lipinski definition) is 1. The molecule has 18 heavy (non-hydrogen) atoms. The minimum Gasteiger partial charge on any atom is -0.311 e. The maximum atomic E-state index is 3.69. The Kier molecular flexibility index (Phi) is 7.04. The van der Waals surface area contributed by atoms with Crippen molar-refractivity contribution in [2.45, 2.75) is 70.2 Å². The van der Waals surface area contributed by atoms with Crippen molar-refractivity contribution in [3.63, 3.8) is 0 Å². The van der Waals surface area contributed by atoms with Gasteiger partial charge in [-0.25, -0.2) is 0 Å². The van der Waals surface area contributed by atoms with Crippen LogP contribution in [0.15, 0.2) is 0 Å². The summed E-state index contributed by atoms with van der Waals surface area (Å²) >= 11 is 2.07. The van der Waals surface area contributed by atoms with E-state index in [0.29, 0.717) is 10.8 Å². The summed E-state index contributed by atoms with van der Waals surface area (Å²) in [6, 6.07) is 1.43. The molecule has 0 amide bonds. The maximum Gasteiger partial charge on any atom is 0.0279 e. The van der Waals surface area contributed by atoms with Crippen LogP contribution in [-0.2, 0) is 0 Å². The van der Waals surface area contributed by atoms with Crippen molar-refractivity contribution in [3.8, 4) is 0 Å². The van der Waals surface area contributed by atoms with Crippen LogP contribution in [0.1, 0.15) is 53.4 Å². The number of hydrogen-bond acceptors (Lipinski definition) is 3. The predicted molar refractivity (Wildman–Crippen MR) is 84.6 cm³/mol. The highest BCUT2D eigenvalue weighted by molar-refractivity contribution is 8.00. The fourth-order valence-corrected chi connectivity index (χ4v) is 3.87. The molecular weight excluding hydrogens is 240 g/mol. The molecule has 0 aromatic heterocycles. The summed E-state index contributed by atoms with van der Waals surface area (Å²) in [4.78, 5) is 2.76. The molecule has 2 unspecified atom stereocenters. The van der Waals surface area contributed by atoms with E-state index in [2.05, 4.69) is 55.9 Å². The van der Waals surface area contributed by atoms with Crippen molar-refractivity contribution in [3.05, 3.63) is 0 Å². The zero-order valence-electron chi connectivity index (χ0n) is 13.0. The van der Waals surface area contributed by atoms with Gasteiger partial charge in [0.1, 0.15) is 0 Å². The molecule has 0 aliphatic carbocycles. The normalized spacial score (nSPS) is 26.5. The summed E-state index contributed by atoms with van der Waals surface area (Å²) in [5, 5.41) is 3.69. The highest BCUT2D eigenvalue weighted by Gasteiger charge is 2.33. The van der Waals surface area contributed by atoms with Gasteiger partial charge in [0.15, 0.2) is 0 Å². The molecule has 1 N–H and O–H groups in total. The predicted octanol–water partition coefficient (Wildman–Crippen LogP) is 3.37. The first-order chi connectivity index (χ1) is 8.64. The quantitative estimate of drug-likeness (QED) is 0.765. The molecule has 1 heterocycles. The molecule has 0 aromatic rings. The van der Waals surface area contributed by atoms with Crippen LogP contribution in [0.4, 0.5) is 0 Å². The summed E-state index contributed by atoms with van der Waals surface area (Å²) in [5.41, 5.74) is 0. The first kappa shape index (κ1) is 16.3. The summed E-state index contributed by atoms with van der Waals surface area (Å²) in [6.07, 6.45) is 7.36. The first-order valence-electron chi connectivity index (χ1n) is 7.67. The zero-order chi connectivity index (χ0) is 13.6. The number of thioether (sulfide) groups is 1. The van der Waals surface area contributed by atoms with E-state index in [0.717, 1.165) is 6.04 Å². The van der Waals surface area contributed by atoms with Crippen molar-refractivity contribution in [1.29, 1.82) is 0 Å². The van der Waals surface area contributed by atoms with Gasteiger partial charge in [0.05, 0.1) is 0 Å². The van der Waals surface area contributed by atoms with E-state index in [1.54, 1.807) is 0 Å². The van der Waals surface area contributed by atoms with Crippen LogP contribution in [0, 0.1) is 0 Å². The smallest absolute Gasteiger partial charge is 0.0279 e. The fourth-order valence-electron chi connectivity index (χ4n) is 3.00. The summed E-state index contributed by atoms with van der Waals surface area (Å²) in [5.74, 6) is 0. The van der Waals surface area contributed by atoms with Crippen LogP contribution < -0.4 is 5.32 Å². The number of rotatable bonds is 7. The summed E-state index contributed by atoms with van der Waals surface area (Å²) in [6.45, 7) is 13.0. The fraction of sp³-hybridized carbons (Fsp3) is 1.00. The monoisotopic (exact) mass is 272 g/mol. The second kappa shape index (κ2) is 7.76. The minimum atomic E-state index is 0.461. The van der Waals surface area contributed by atoms with Gasteiger partial charge in [-0.1, -0.05) is 27.7 Å². The van der Waals surface area contributed by atoms with Crippen LogP contribution in [0.2, 0.25) is 0 Å². The van der Waals surface area contributed by atoms with Gasteiger partial charge >= 0.3 is 0 Å². The van der Waals surface area contributed by atoms with Gasteiger partial charge in [0.25, 0.3) is 0 Å². The van der Waals surface area contributed by atoms with Gasteiger partial charge in [-0.2, -0.15) is 11.8 Å². The molecule has 1 rings (SSSR count). The Morgan fingerprint density at radius 1 is 1.17 bits per heavy atom. The van der Waals surface area contributed by atoms with Crippen molar-refractivity contribution < 1.29 is 0 Å². The van der Waals surface area contributed by atoms with E-state index in [4.69, 9.17) is 0 Å². The second-order valence-corrected chi connectivity index (χ2v) is 6.87. The molecule has 0 spiro atoms. The Morgan fingerprint density at radius 3 is 2.28 bits per heavy atom. The van der Waals surface area contributed by atoms with Gasteiger partial charge in [-0.15, -0.1) is 0 Å². The van der Waals surface area contributed by atoms with Gasteiger partial charge in [0, 0.05) is 36.5 Å². The van der Waals surface area contributed by atoms with Crippen molar-refractivity contribution in [2.75, 3.05) is 25.9 Å². The third-order valence-electron chi connectivity index (χ3n) is 4.79. The lowest BCUT2D eigenvalue weighted by Gasteiger charge is -2.45. The lowest BCUT2D eigenvalue weighted by Crippen LogP contribution is -2.58. The van der Waals surface area contributed by atoms with E-state index in [-0.39, 0.29) is 0 Å². The third-order valence-corrected chi connectivity index (χ3v) is 6.36. The standard InChI is InChI=1S/C15H32N2S/c1-6-13-11-17(14(7-2)10-16-13)12-15(8-3,9-4)18-5/h13-14,16H,6-12H2,1-5H3. The van der Waals surface area contributed by atoms with Gasteiger partial charge in [0.2, 0.25) is 0 Å². The lowest BCUT2D eigenvalue weighted by atomic mass is 9.97. The Labute approximate surface area is 118 Å². The van der Waals surface area contributed by atoms with Crippen molar-refractivity contribution >= 4 is 11.8 Å². The van der Waals surface area contributed by atoms with E-state index >= 15 is 0 Å². The molecule has 0 aromatic carbocycles. The highest BCUT2D eigenvalue weighted by Crippen LogP contribution is 2.32. The van der Waals surface area contributed by atoms with Gasteiger partial charge < -0.3 is 5.32 Å². The molecule has 3 heteroatoms. The molecule has 1 fully saturated rings. The molecular formula is C15H32N2S. The molecule has 1 saturated heterocycles.